The molecular weight excluding hydrogens is 254 g/mol. The van der Waals surface area contributed by atoms with Gasteiger partial charge in [0.25, 0.3) is 0 Å². The van der Waals surface area contributed by atoms with Crippen LogP contribution in [0.5, 0.6) is 0 Å². The Labute approximate surface area is 128 Å². The van der Waals surface area contributed by atoms with Gasteiger partial charge < -0.3 is 5.32 Å². The molecule has 0 radical (unpaired) electrons. The van der Waals surface area contributed by atoms with E-state index >= 15 is 0 Å². The van der Waals surface area contributed by atoms with Crippen molar-refractivity contribution < 1.29 is 0 Å². The zero-order valence-electron chi connectivity index (χ0n) is 12.9. The summed E-state index contributed by atoms with van der Waals surface area (Å²) < 4.78 is 0. The molecule has 21 heavy (non-hydrogen) atoms. The fraction of sp³-hybridized carbons (Fsp3) is 0.400. The minimum atomic E-state index is 0.535. The highest BCUT2D eigenvalue weighted by Crippen LogP contribution is 2.28. The van der Waals surface area contributed by atoms with Crippen molar-refractivity contribution in [1.82, 2.24) is 5.32 Å². The average molecular weight is 279 g/mol. The van der Waals surface area contributed by atoms with Crippen LogP contribution in [0.1, 0.15) is 47.6 Å². The number of benzene rings is 2. The molecule has 2 aromatic rings. The predicted octanol–water partition coefficient (Wildman–Crippen LogP) is 4.59. The molecule has 0 aromatic heterocycles. The monoisotopic (exact) mass is 279 g/mol. The van der Waals surface area contributed by atoms with Crippen molar-refractivity contribution in [3.05, 3.63) is 70.8 Å². The second kappa shape index (κ2) is 6.91. The quantitative estimate of drug-likeness (QED) is 0.807. The SMILES string of the molecule is Cc1ccccc1CCNC1CCCCc2ccccc21. The van der Waals surface area contributed by atoms with Crippen LogP contribution in [0.15, 0.2) is 48.5 Å². The third kappa shape index (κ3) is 3.54. The van der Waals surface area contributed by atoms with Gasteiger partial charge in [0.15, 0.2) is 0 Å². The molecular formula is C20H25N. The third-order valence-electron chi connectivity index (χ3n) is 4.67. The number of nitrogens with one attached hydrogen (secondary N) is 1. The molecule has 1 heteroatoms. The van der Waals surface area contributed by atoms with E-state index in [0.717, 1.165) is 13.0 Å². The average Bonchev–Trinajstić information content (AvgIpc) is 2.72. The summed E-state index contributed by atoms with van der Waals surface area (Å²) in [6.45, 7) is 3.26. The topological polar surface area (TPSA) is 12.0 Å². The van der Waals surface area contributed by atoms with Gasteiger partial charge in [0.2, 0.25) is 0 Å². The van der Waals surface area contributed by atoms with Crippen LogP contribution in [-0.2, 0) is 12.8 Å². The van der Waals surface area contributed by atoms with Crippen LogP contribution in [0.4, 0.5) is 0 Å². The van der Waals surface area contributed by atoms with E-state index in [1.165, 1.54) is 42.4 Å². The van der Waals surface area contributed by atoms with Crippen molar-refractivity contribution in [2.24, 2.45) is 0 Å². The number of aryl methyl sites for hydroxylation is 2. The van der Waals surface area contributed by atoms with E-state index in [0.29, 0.717) is 6.04 Å². The zero-order chi connectivity index (χ0) is 14.5. The van der Waals surface area contributed by atoms with Gasteiger partial charge in [-0.3, -0.25) is 0 Å². The first-order chi connectivity index (χ1) is 10.3. The van der Waals surface area contributed by atoms with Gasteiger partial charge in [-0.2, -0.15) is 0 Å². The molecule has 3 rings (SSSR count). The van der Waals surface area contributed by atoms with E-state index in [4.69, 9.17) is 0 Å². The van der Waals surface area contributed by atoms with E-state index < -0.39 is 0 Å². The molecule has 0 aliphatic heterocycles. The van der Waals surface area contributed by atoms with Gasteiger partial charge >= 0.3 is 0 Å². The molecule has 1 unspecified atom stereocenters. The molecule has 1 nitrogen and oxygen atoms in total. The second-order valence-corrected chi connectivity index (χ2v) is 6.13. The molecule has 1 aliphatic rings. The van der Waals surface area contributed by atoms with E-state index in [-0.39, 0.29) is 0 Å². The lowest BCUT2D eigenvalue weighted by molar-refractivity contribution is 0.492. The van der Waals surface area contributed by atoms with Gasteiger partial charge in [-0.1, -0.05) is 55.0 Å². The molecule has 0 amide bonds. The van der Waals surface area contributed by atoms with Gasteiger partial charge in [0.05, 0.1) is 0 Å². The van der Waals surface area contributed by atoms with Gasteiger partial charge in [-0.15, -0.1) is 0 Å². The van der Waals surface area contributed by atoms with Crippen molar-refractivity contribution >= 4 is 0 Å². The highest BCUT2D eigenvalue weighted by molar-refractivity contribution is 5.31. The largest absolute Gasteiger partial charge is 0.310 e. The predicted molar refractivity (Wildman–Crippen MR) is 89.6 cm³/mol. The minimum absolute atomic E-state index is 0.535. The molecule has 110 valence electrons. The molecule has 1 atom stereocenters. The molecule has 0 fully saturated rings. The van der Waals surface area contributed by atoms with Gasteiger partial charge in [-0.25, -0.2) is 0 Å². The second-order valence-electron chi connectivity index (χ2n) is 6.13. The number of fused-ring (bicyclic) bond motifs is 1. The fourth-order valence-electron chi connectivity index (χ4n) is 3.40. The van der Waals surface area contributed by atoms with E-state index in [2.05, 4.69) is 60.8 Å². The molecule has 1 aliphatic carbocycles. The number of rotatable bonds is 4. The molecule has 0 spiro atoms. The Balaban J connectivity index is 1.64. The number of hydrogen-bond donors (Lipinski definition) is 1. The Kier molecular flexibility index (Phi) is 4.72. The molecule has 0 saturated heterocycles. The van der Waals surface area contributed by atoms with Crippen LogP contribution in [0.3, 0.4) is 0 Å². The van der Waals surface area contributed by atoms with Gasteiger partial charge in [0.1, 0.15) is 0 Å². The highest BCUT2D eigenvalue weighted by Gasteiger charge is 2.17. The summed E-state index contributed by atoms with van der Waals surface area (Å²) in [7, 11) is 0. The van der Waals surface area contributed by atoms with E-state index in [1.807, 2.05) is 0 Å². The molecule has 0 saturated carbocycles. The van der Waals surface area contributed by atoms with Crippen LogP contribution in [0, 0.1) is 6.92 Å². The first-order valence-corrected chi connectivity index (χ1v) is 8.20. The summed E-state index contributed by atoms with van der Waals surface area (Å²) in [4.78, 5) is 0. The summed E-state index contributed by atoms with van der Waals surface area (Å²) in [6, 6.07) is 18.2. The fourth-order valence-corrected chi connectivity index (χ4v) is 3.40. The minimum Gasteiger partial charge on any atom is -0.310 e. The summed E-state index contributed by atoms with van der Waals surface area (Å²) in [5, 5.41) is 3.79. The Hall–Kier alpha value is -1.60. The summed E-state index contributed by atoms with van der Waals surface area (Å²) in [6.07, 6.45) is 6.28. The van der Waals surface area contributed by atoms with Crippen LogP contribution < -0.4 is 5.32 Å². The normalized spacial score (nSPS) is 18.0. The maximum atomic E-state index is 3.79. The van der Waals surface area contributed by atoms with Crippen molar-refractivity contribution in [1.29, 1.82) is 0 Å². The van der Waals surface area contributed by atoms with Crippen LogP contribution in [0.25, 0.3) is 0 Å². The Morgan fingerprint density at radius 3 is 2.71 bits per heavy atom. The Morgan fingerprint density at radius 2 is 1.81 bits per heavy atom. The van der Waals surface area contributed by atoms with Crippen molar-refractivity contribution in [2.45, 2.75) is 45.1 Å². The first-order valence-electron chi connectivity index (χ1n) is 8.20. The molecule has 2 aromatic carbocycles. The van der Waals surface area contributed by atoms with Crippen LogP contribution in [-0.4, -0.2) is 6.54 Å². The van der Waals surface area contributed by atoms with Crippen LogP contribution in [0.2, 0.25) is 0 Å². The molecule has 1 N–H and O–H groups in total. The maximum absolute atomic E-state index is 3.79. The van der Waals surface area contributed by atoms with E-state index in [9.17, 15) is 0 Å². The third-order valence-corrected chi connectivity index (χ3v) is 4.67. The van der Waals surface area contributed by atoms with Crippen molar-refractivity contribution in [3.63, 3.8) is 0 Å². The van der Waals surface area contributed by atoms with Crippen molar-refractivity contribution in [2.75, 3.05) is 6.54 Å². The summed E-state index contributed by atoms with van der Waals surface area (Å²) in [5.74, 6) is 0. The lowest BCUT2D eigenvalue weighted by Crippen LogP contribution is -2.24. The summed E-state index contributed by atoms with van der Waals surface area (Å²) >= 11 is 0. The van der Waals surface area contributed by atoms with Crippen LogP contribution >= 0.6 is 0 Å². The molecule has 0 heterocycles. The van der Waals surface area contributed by atoms with Crippen molar-refractivity contribution in [3.8, 4) is 0 Å². The van der Waals surface area contributed by atoms with Gasteiger partial charge in [0, 0.05) is 6.04 Å². The first kappa shape index (κ1) is 14.3. The Morgan fingerprint density at radius 1 is 1.00 bits per heavy atom. The Bertz CT molecular complexity index is 588. The maximum Gasteiger partial charge on any atom is 0.0323 e. The summed E-state index contributed by atoms with van der Waals surface area (Å²) in [5.41, 5.74) is 5.94. The zero-order valence-corrected chi connectivity index (χ0v) is 12.9. The van der Waals surface area contributed by atoms with Gasteiger partial charge in [-0.05, 0) is 61.4 Å². The number of hydrogen-bond acceptors (Lipinski definition) is 1. The lowest BCUT2D eigenvalue weighted by atomic mass is 9.98. The van der Waals surface area contributed by atoms with E-state index in [1.54, 1.807) is 5.56 Å². The molecule has 0 bridgehead atoms. The highest BCUT2D eigenvalue weighted by atomic mass is 14.9. The lowest BCUT2D eigenvalue weighted by Gasteiger charge is -2.19. The smallest absolute Gasteiger partial charge is 0.0323 e. The standard InChI is InChI=1S/C20H25N/c1-16-8-2-3-9-17(16)14-15-21-20-13-7-5-11-18-10-4-6-12-19(18)20/h2-4,6,8-10,12,20-21H,5,7,11,13-15H2,1H3.